The first kappa shape index (κ1) is 23.8. The molecular weight excluding hydrogens is 436 g/mol. The summed E-state index contributed by atoms with van der Waals surface area (Å²) in [5, 5.41) is 12.5. The van der Waals surface area contributed by atoms with Gasteiger partial charge >= 0.3 is 17.9 Å². The van der Waals surface area contributed by atoms with Gasteiger partial charge in [-0.3, -0.25) is 9.59 Å². The van der Waals surface area contributed by atoms with Gasteiger partial charge in [0.25, 0.3) is 0 Å². The van der Waals surface area contributed by atoms with Gasteiger partial charge in [-0.2, -0.15) is 0 Å². The molecule has 5 aliphatic rings. The highest BCUT2D eigenvalue weighted by atomic mass is 16.6. The molecule has 7 nitrogen and oxygen atoms in total. The van der Waals surface area contributed by atoms with Crippen molar-refractivity contribution in [2.75, 3.05) is 6.61 Å². The quantitative estimate of drug-likeness (QED) is 0.492. The second-order valence-electron chi connectivity index (χ2n) is 12.0. The molecule has 1 heterocycles. The topological polar surface area (TPSA) is 99.1 Å². The summed E-state index contributed by atoms with van der Waals surface area (Å²) in [7, 11) is 0. The van der Waals surface area contributed by atoms with Crippen LogP contribution in [0.15, 0.2) is 11.6 Å². The van der Waals surface area contributed by atoms with Gasteiger partial charge in [-0.05, 0) is 73.7 Å². The van der Waals surface area contributed by atoms with Gasteiger partial charge in [-0.25, -0.2) is 4.79 Å². The first-order chi connectivity index (χ1) is 16.0. The fourth-order valence-corrected chi connectivity index (χ4v) is 9.08. The van der Waals surface area contributed by atoms with Gasteiger partial charge in [0.2, 0.25) is 0 Å². The molecule has 1 aliphatic heterocycles. The monoisotopic (exact) mass is 474 g/mol. The van der Waals surface area contributed by atoms with E-state index in [0.717, 1.165) is 50.5 Å². The molecule has 0 saturated heterocycles. The number of carbonyl (C=O) groups is 3. The van der Waals surface area contributed by atoms with E-state index in [9.17, 15) is 19.5 Å². The molecular formula is C27H38O7. The number of rotatable bonds is 3. The summed E-state index contributed by atoms with van der Waals surface area (Å²) in [5.41, 5.74) is -0.535. The number of hydrogen-bond donors (Lipinski definition) is 1. The average molecular weight is 475 g/mol. The van der Waals surface area contributed by atoms with Crippen LogP contribution in [0.1, 0.15) is 79.1 Å². The Hall–Kier alpha value is -1.89. The SMILES string of the molecule is CC(=O)O[C@H]1CC[C@@]2(C)[C@@H](CC[C@H]3[C@H]2CC[C@]2(C)[C@H](C4=CC(=O)OC4)[C@H](OC(C)=O)C[C@]32O)C1. The van der Waals surface area contributed by atoms with E-state index < -0.39 is 17.1 Å². The minimum absolute atomic E-state index is 0.000108. The first-order valence-electron chi connectivity index (χ1n) is 12.9. The van der Waals surface area contributed by atoms with Crippen LogP contribution in [0.4, 0.5) is 0 Å². The Morgan fingerprint density at radius 2 is 1.76 bits per heavy atom. The molecule has 188 valence electrons. The van der Waals surface area contributed by atoms with Gasteiger partial charge in [0.05, 0.1) is 5.60 Å². The summed E-state index contributed by atoms with van der Waals surface area (Å²) in [6.07, 6.45) is 7.98. The van der Waals surface area contributed by atoms with E-state index in [4.69, 9.17) is 14.2 Å². The van der Waals surface area contributed by atoms with Crippen LogP contribution in [-0.4, -0.2) is 47.4 Å². The largest absolute Gasteiger partial charge is 0.463 e. The number of carbonyl (C=O) groups excluding carboxylic acids is 3. The lowest BCUT2D eigenvalue weighted by Gasteiger charge is -2.63. The van der Waals surface area contributed by atoms with Crippen molar-refractivity contribution in [1.29, 1.82) is 0 Å². The third-order valence-corrected chi connectivity index (χ3v) is 10.5. The lowest BCUT2D eigenvalue weighted by Crippen LogP contribution is -2.62. The van der Waals surface area contributed by atoms with E-state index in [-0.39, 0.29) is 47.9 Å². The molecule has 0 aromatic rings. The summed E-state index contributed by atoms with van der Waals surface area (Å²) in [6.45, 7) is 7.61. The van der Waals surface area contributed by atoms with Crippen LogP contribution in [0.3, 0.4) is 0 Å². The summed E-state index contributed by atoms with van der Waals surface area (Å²) in [4.78, 5) is 35.4. The van der Waals surface area contributed by atoms with Crippen LogP contribution in [0.25, 0.3) is 0 Å². The van der Waals surface area contributed by atoms with Crippen LogP contribution in [0, 0.1) is 34.5 Å². The molecule has 0 unspecified atom stereocenters. The lowest BCUT2D eigenvalue weighted by atomic mass is 9.43. The Kier molecular flexibility index (Phi) is 5.66. The third-order valence-electron chi connectivity index (χ3n) is 10.5. The number of aliphatic hydroxyl groups is 1. The number of cyclic esters (lactones) is 1. The van der Waals surface area contributed by atoms with E-state index in [1.807, 2.05) is 0 Å². The fourth-order valence-electron chi connectivity index (χ4n) is 9.08. The molecule has 0 spiro atoms. The van der Waals surface area contributed by atoms with Crippen molar-refractivity contribution in [3.63, 3.8) is 0 Å². The van der Waals surface area contributed by atoms with Crippen molar-refractivity contribution >= 4 is 17.9 Å². The number of fused-ring (bicyclic) bond motifs is 5. The average Bonchev–Trinajstić information content (AvgIpc) is 3.25. The first-order valence-corrected chi connectivity index (χ1v) is 12.9. The maximum atomic E-state index is 12.5. The molecule has 7 heteroatoms. The van der Waals surface area contributed by atoms with E-state index >= 15 is 0 Å². The molecule has 5 rings (SSSR count). The Morgan fingerprint density at radius 1 is 1.03 bits per heavy atom. The molecule has 0 aromatic carbocycles. The van der Waals surface area contributed by atoms with Crippen LogP contribution < -0.4 is 0 Å². The van der Waals surface area contributed by atoms with E-state index in [0.29, 0.717) is 18.3 Å². The van der Waals surface area contributed by atoms with Gasteiger partial charge < -0.3 is 19.3 Å². The van der Waals surface area contributed by atoms with E-state index in [1.54, 1.807) is 6.08 Å². The zero-order valence-electron chi connectivity index (χ0n) is 20.8. The zero-order valence-corrected chi connectivity index (χ0v) is 20.8. The van der Waals surface area contributed by atoms with E-state index in [2.05, 4.69) is 13.8 Å². The highest BCUT2D eigenvalue weighted by Crippen LogP contribution is 2.70. The van der Waals surface area contributed by atoms with Gasteiger partial charge in [0.15, 0.2) is 0 Å². The Morgan fingerprint density at radius 3 is 2.41 bits per heavy atom. The number of esters is 3. The predicted octanol–water partition coefficient (Wildman–Crippen LogP) is 3.72. The molecule has 0 amide bonds. The van der Waals surface area contributed by atoms with Crippen LogP contribution in [-0.2, 0) is 28.6 Å². The molecule has 0 aromatic heterocycles. The highest BCUT2D eigenvalue weighted by molar-refractivity contribution is 5.85. The smallest absolute Gasteiger partial charge is 0.331 e. The number of ether oxygens (including phenoxy) is 3. The normalized spacial score (nSPS) is 47.6. The maximum Gasteiger partial charge on any atom is 0.331 e. The predicted molar refractivity (Wildman–Crippen MR) is 122 cm³/mol. The van der Waals surface area contributed by atoms with Crippen molar-refractivity contribution in [2.24, 2.45) is 34.5 Å². The molecule has 4 fully saturated rings. The summed E-state index contributed by atoms with van der Waals surface area (Å²) in [6, 6.07) is 0. The fraction of sp³-hybridized carbons (Fsp3) is 0.815. The molecule has 4 saturated carbocycles. The second-order valence-corrected chi connectivity index (χ2v) is 12.0. The molecule has 4 aliphatic carbocycles. The van der Waals surface area contributed by atoms with E-state index in [1.165, 1.54) is 13.8 Å². The summed E-state index contributed by atoms with van der Waals surface area (Å²) >= 11 is 0. The van der Waals surface area contributed by atoms with Crippen LogP contribution in [0.5, 0.6) is 0 Å². The van der Waals surface area contributed by atoms with Crippen LogP contribution in [0.2, 0.25) is 0 Å². The lowest BCUT2D eigenvalue weighted by molar-refractivity contribution is -0.210. The molecule has 1 N–H and O–H groups in total. The van der Waals surface area contributed by atoms with Gasteiger partial charge in [0.1, 0.15) is 18.8 Å². The highest BCUT2D eigenvalue weighted by Gasteiger charge is 2.71. The third kappa shape index (κ3) is 3.44. The van der Waals surface area contributed by atoms with Crippen LogP contribution >= 0.6 is 0 Å². The summed E-state index contributed by atoms with van der Waals surface area (Å²) in [5.74, 6) is -0.190. The Labute approximate surface area is 201 Å². The minimum Gasteiger partial charge on any atom is -0.463 e. The Balaban J connectivity index is 1.46. The van der Waals surface area contributed by atoms with Crippen molar-refractivity contribution < 1.29 is 33.7 Å². The van der Waals surface area contributed by atoms with Gasteiger partial charge in [-0.15, -0.1) is 0 Å². The number of hydrogen-bond acceptors (Lipinski definition) is 7. The standard InChI is InChI=1S/C27H38O7/c1-15(28)33-19-7-9-25(3)18(12-19)5-6-21-20(25)8-10-26(4)24(17-11-23(30)32-14-17)22(34-16(2)29)13-27(21,26)31/h11,18-22,24,31H,5-10,12-14H2,1-4H3/t18-,19-,20+,21-,22+,24+,25-,26+,27-/m0/s1. The van der Waals surface area contributed by atoms with Crippen molar-refractivity contribution in [3.05, 3.63) is 11.6 Å². The Bertz CT molecular complexity index is 926. The molecule has 0 bridgehead atoms. The summed E-state index contributed by atoms with van der Waals surface area (Å²) < 4.78 is 16.6. The second kappa shape index (κ2) is 8.07. The van der Waals surface area contributed by atoms with Gasteiger partial charge in [-0.1, -0.05) is 13.8 Å². The van der Waals surface area contributed by atoms with Crippen molar-refractivity contribution in [3.8, 4) is 0 Å². The van der Waals surface area contributed by atoms with Gasteiger partial charge in [0, 0.05) is 37.7 Å². The molecule has 0 radical (unpaired) electrons. The minimum atomic E-state index is -0.978. The van der Waals surface area contributed by atoms with Crippen molar-refractivity contribution in [1.82, 2.24) is 0 Å². The molecule has 9 atom stereocenters. The maximum absolute atomic E-state index is 12.5. The molecule has 34 heavy (non-hydrogen) atoms. The zero-order chi connectivity index (χ0) is 24.5. The van der Waals surface area contributed by atoms with Crippen molar-refractivity contribution in [2.45, 2.75) is 96.9 Å².